The van der Waals surface area contributed by atoms with Crippen molar-refractivity contribution in [3.63, 3.8) is 0 Å². The number of aromatic nitrogens is 2. The predicted molar refractivity (Wildman–Crippen MR) is 48.6 cm³/mol. The maximum Gasteiger partial charge on any atom is 0.412 e. The third-order valence-electron chi connectivity index (χ3n) is 1.62. The van der Waals surface area contributed by atoms with Gasteiger partial charge in [-0.2, -0.15) is 5.10 Å². The van der Waals surface area contributed by atoms with E-state index in [-0.39, 0.29) is 0 Å². The monoisotopic (exact) mass is 183 g/mol. The van der Waals surface area contributed by atoms with E-state index in [2.05, 4.69) is 10.4 Å². The van der Waals surface area contributed by atoms with Gasteiger partial charge in [-0.05, 0) is 13.8 Å². The fourth-order valence-corrected chi connectivity index (χ4v) is 0.893. The van der Waals surface area contributed by atoms with Crippen LogP contribution in [0.25, 0.3) is 0 Å². The highest BCUT2D eigenvalue weighted by Gasteiger charge is 2.05. The molecular formula is C8H13N3O2. The van der Waals surface area contributed by atoms with Gasteiger partial charge in [0.1, 0.15) is 0 Å². The number of nitrogens with zero attached hydrogens (tertiary/aromatic N) is 2. The summed E-state index contributed by atoms with van der Waals surface area (Å²) in [6.45, 7) is 4.02. The largest absolute Gasteiger partial charge is 0.450 e. The third kappa shape index (κ3) is 2.47. The van der Waals surface area contributed by atoms with E-state index < -0.39 is 6.09 Å². The molecule has 0 aliphatic rings. The van der Waals surface area contributed by atoms with E-state index in [4.69, 9.17) is 4.74 Å². The molecule has 0 aliphatic heterocycles. The van der Waals surface area contributed by atoms with Crippen LogP contribution in [0.1, 0.15) is 12.6 Å². The second kappa shape index (κ2) is 3.93. The molecule has 5 nitrogen and oxygen atoms in total. The minimum absolute atomic E-state index is 0.359. The zero-order valence-electron chi connectivity index (χ0n) is 8.00. The zero-order chi connectivity index (χ0) is 9.84. The first-order valence-corrected chi connectivity index (χ1v) is 4.08. The van der Waals surface area contributed by atoms with Crippen molar-refractivity contribution in [1.29, 1.82) is 0 Å². The molecule has 1 aromatic rings. The van der Waals surface area contributed by atoms with Crippen molar-refractivity contribution in [2.75, 3.05) is 11.9 Å². The van der Waals surface area contributed by atoms with Crippen LogP contribution < -0.4 is 5.32 Å². The molecule has 0 radical (unpaired) electrons. The lowest BCUT2D eigenvalue weighted by Crippen LogP contribution is -2.13. The van der Waals surface area contributed by atoms with Crippen LogP contribution in [0.3, 0.4) is 0 Å². The summed E-state index contributed by atoms with van der Waals surface area (Å²) in [7, 11) is 1.81. The number of aryl methyl sites for hydroxylation is 2. The van der Waals surface area contributed by atoms with Crippen LogP contribution in [0.5, 0.6) is 0 Å². The summed E-state index contributed by atoms with van der Waals surface area (Å²) < 4.78 is 6.38. The molecular weight excluding hydrogens is 170 g/mol. The van der Waals surface area contributed by atoms with Crippen molar-refractivity contribution >= 4 is 11.9 Å². The Hall–Kier alpha value is -1.52. The van der Waals surface area contributed by atoms with Gasteiger partial charge in [0.2, 0.25) is 0 Å². The SMILES string of the molecule is CCOC(=O)Nc1cc(C)n(C)n1. The lowest BCUT2D eigenvalue weighted by Gasteiger charge is -2.00. The molecule has 0 unspecified atom stereocenters. The Labute approximate surface area is 76.7 Å². The Bertz CT molecular complexity index is 287. The van der Waals surface area contributed by atoms with Crippen LogP contribution in [-0.2, 0) is 11.8 Å². The van der Waals surface area contributed by atoms with E-state index in [0.717, 1.165) is 5.69 Å². The second-order valence-electron chi connectivity index (χ2n) is 2.64. The normalized spacial score (nSPS) is 9.77. The van der Waals surface area contributed by atoms with Gasteiger partial charge in [-0.1, -0.05) is 0 Å². The van der Waals surface area contributed by atoms with Gasteiger partial charge in [0.05, 0.1) is 6.61 Å². The van der Waals surface area contributed by atoms with E-state index in [1.807, 2.05) is 14.0 Å². The molecule has 0 fully saturated rings. The third-order valence-corrected chi connectivity index (χ3v) is 1.62. The van der Waals surface area contributed by atoms with Crippen LogP contribution in [0, 0.1) is 6.92 Å². The Morgan fingerprint density at radius 3 is 2.92 bits per heavy atom. The van der Waals surface area contributed by atoms with Gasteiger partial charge in [0, 0.05) is 18.8 Å². The zero-order valence-corrected chi connectivity index (χ0v) is 8.00. The van der Waals surface area contributed by atoms with Gasteiger partial charge < -0.3 is 4.74 Å². The number of rotatable bonds is 2. The smallest absolute Gasteiger partial charge is 0.412 e. The molecule has 1 N–H and O–H groups in total. The average molecular weight is 183 g/mol. The number of amides is 1. The van der Waals surface area contributed by atoms with Crippen molar-refractivity contribution in [1.82, 2.24) is 9.78 Å². The van der Waals surface area contributed by atoms with Crippen molar-refractivity contribution in [3.05, 3.63) is 11.8 Å². The number of anilines is 1. The van der Waals surface area contributed by atoms with Crippen LogP contribution in [-0.4, -0.2) is 22.5 Å². The average Bonchev–Trinajstić information content (AvgIpc) is 2.31. The molecule has 1 amide bonds. The molecule has 0 bridgehead atoms. The summed E-state index contributed by atoms with van der Waals surface area (Å²) in [5.41, 5.74) is 0.979. The van der Waals surface area contributed by atoms with Gasteiger partial charge in [0.25, 0.3) is 0 Å². The predicted octanol–water partition coefficient (Wildman–Crippen LogP) is 1.30. The van der Waals surface area contributed by atoms with Crippen LogP contribution >= 0.6 is 0 Å². The molecule has 0 saturated carbocycles. The molecule has 1 rings (SSSR count). The quantitative estimate of drug-likeness (QED) is 0.751. The van der Waals surface area contributed by atoms with Crippen molar-refractivity contribution in [3.8, 4) is 0 Å². The molecule has 1 heterocycles. The van der Waals surface area contributed by atoms with Crippen LogP contribution in [0.2, 0.25) is 0 Å². The number of hydrogen-bond donors (Lipinski definition) is 1. The maximum absolute atomic E-state index is 11.0. The van der Waals surface area contributed by atoms with E-state index in [1.54, 1.807) is 17.7 Å². The molecule has 13 heavy (non-hydrogen) atoms. The van der Waals surface area contributed by atoms with Gasteiger partial charge in [0.15, 0.2) is 5.82 Å². The van der Waals surface area contributed by atoms with Crippen molar-refractivity contribution in [2.24, 2.45) is 7.05 Å². The molecule has 5 heteroatoms. The summed E-state index contributed by atoms with van der Waals surface area (Å²) in [4.78, 5) is 11.0. The first kappa shape index (κ1) is 9.57. The molecule has 0 spiro atoms. The number of ether oxygens (including phenoxy) is 1. The Kier molecular flexibility index (Phi) is 2.89. The molecule has 0 aliphatic carbocycles. The van der Waals surface area contributed by atoms with Gasteiger partial charge in [-0.25, -0.2) is 4.79 Å². The van der Waals surface area contributed by atoms with Crippen LogP contribution in [0.15, 0.2) is 6.07 Å². The highest BCUT2D eigenvalue weighted by molar-refractivity contribution is 5.83. The highest BCUT2D eigenvalue weighted by Crippen LogP contribution is 2.06. The van der Waals surface area contributed by atoms with E-state index in [9.17, 15) is 4.79 Å². The first-order valence-electron chi connectivity index (χ1n) is 4.08. The van der Waals surface area contributed by atoms with Crippen molar-refractivity contribution in [2.45, 2.75) is 13.8 Å². The Morgan fingerprint density at radius 2 is 2.46 bits per heavy atom. The van der Waals surface area contributed by atoms with Gasteiger partial charge in [-0.15, -0.1) is 0 Å². The minimum Gasteiger partial charge on any atom is -0.450 e. The number of carbonyl (C=O) groups is 1. The van der Waals surface area contributed by atoms with Gasteiger partial charge in [-0.3, -0.25) is 10.00 Å². The molecule has 1 aromatic heterocycles. The lowest BCUT2D eigenvalue weighted by atomic mass is 10.5. The fourth-order valence-electron chi connectivity index (χ4n) is 0.893. The number of nitrogens with one attached hydrogen (secondary N) is 1. The molecule has 72 valence electrons. The van der Waals surface area contributed by atoms with E-state index in [0.29, 0.717) is 12.4 Å². The standard InChI is InChI=1S/C8H13N3O2/c1-4-13-8(12)9-7-5-6(2)11(3)10-7/h5H,4H2,1-3H3,(H,9,10,12). The Balaban J connectivity index is 2.59. The Morgan fingerprint density at radius 1 is 1.77 bits per heavy atom. The van der Waals surface area contributed by atoms with Crippen LogP contribution in [0.4, 0.5) is 10.6 Å². The fraction of sp³-hybridized carbons (Fsp3) is 0.500. The van der Waals surface area contributed by atoms with Gasteiger partial charge >= 0.3 is 6.09 Å². The molecule has 0 saturated heterocycles. The summed E-state index contributed by atoms with van der Waals surface area (Å²) in [6.07, 6.45) is -0.472. The van der Waals surface area contributed by atoms with Crippen molar-refractivity contribution < 1.29 is 9.53 Å². The second-order valence-corrected chi connectivity index (χ2v) is 2.64. The minimum atomic E-state index is -0.472. The summed E-state index contributed by atoms with van der Waals surface area (Å²) >= 11 is 0. The van der Waals surface area contributed by atoms with E-state index >= 15 is 0 Å². The summed E-state index contributed by atoms with van der Waals surface area (Å²) in [6, 6.07) is 1.77. The molecule has 0 atom stereocenters. The topological polar surface area (TPSA) is 56.1 Å². The molecule has 0 aromatic carbocycles. The highest BCUT2D eigenvalue weighted by atomic mass is 16.5. The van der Waals surface area contributed by atoms with E-state index in [1.165, 1.54) is 0 Å². The summed E-state index contributed by atoms with van der Waals surface area (Å²) in [5.74, 6) is 0.512. The number of hydrogen-bond acceptors (Lipinski definition) is 3. The number of carbonyl (C=O) groups excluding carboxylic acids is 1. The lowest BCUT2D eigenvalue weighted by molar-refractivity contribution is 0.168. The summed E-state index contributed by atoms with van der Waals surface area (Å²) in [5, 5.41) is 6.55. The maximum atomic E-state index is 11.0. The first-order chi connectivity index (χ1) is 6.13.